The highest BCUT2D eigenvalue weighted by molar-refractivity contribution is 6.30. The number of nitrogens with zero attached hydrogens (tertiary/aromatic N) is 3. The Morgan fingerprint density at radius 3 is 2.32 bits per heavy atom. The predicted molar refractivity (Wildman–Crippen MR) is 144 cm³/mol. The van der Waals surface area contributed by atoms with Crippen molar-refractivity contribution in [2.45, 2.75) is 78.2 Å². The van der Waals surface area contributed by atoms with Gasteiger partial charge in [0.25, 0.3) is 0 Å². The van der Waals surface area contributed by atoms with Crippen LogP contribution in [0, 0.1) is 25.7 Å². The van der Waals surface area contributed by atoms with Gasteiger partial charge in [-0.2, -0.15) is 0 Å². The molecule has 0 spiro atoms. The Kier molecular flexibility index (Phi) is 7.61. The first kappa shape index (κ1) is 23.9. The normalized spacial score (nSPS) is 18.7. The molecule has 1 aliphatic heterocycles. The molecule has 2 aromatic carbocycles. The molecule has 1 aliphatic carbocycles. The lowest BCUT2D eigenvalue weighted by molar-refractivity contribution is 0.166. The van der Waals surface area contributed by atoms with Gasteiger partial charge in [0.15, 0.2) is 0 Å². The second-order valence-corrected chi connectivity index (χ2v) is 11.4. The summed E-state index contributed by atoms with van der Waals surface area (Å²) >= 11 is 6.14. The largest absolute Gasteiger partial charge is 0.323 e. The number of hydrogen-bond acceptors (Lipinski definition) is 2. The molecule has 5 rings (SSSR count). The van der Waals surface area contributed by atoms with Crippen molar-refractivity contribution < 1.29 is 0 Å². The van der Waals surface area contributed by atoms with Crippen molar-refractivity contribution in [1.29, 1.82) is 0 Å². The number of hydrogen-bond donors (Lipinski definition) is 0. The third-order valence-corrected chi connectivity index (χ3v) is 8.71. The van der Waals surface area contributed by atoms with E-state index in [4.69, 9.17) is 16.6 Å². The first-order chi connectivity index (χ1) is 16.5. The zero-order valence-corrected chi connectivity index (χ0v) is 21.8. The fourth-order valence-electron chi connectivity index (χ4n) is 6.05. The SMILES string of the molecule is Cc1cc2nc(CC3CCN(CCC4CCCCC4)CC3)n(Cc3ccc(Cl)cc3)c2cc1C. The summed E-state index contributed by atoms with van der Waals surface area (Å²) in [5.41, 5.74) is 6.33. The molecule has 3 aromatic rings. The molecular formula is C30H40ClN3. The van der Waals surface area contributed by atoms with E-state index in [-0.39, 0.29) is 0 Å². The van der Waals surface area contributed by atoms with E-state index in [1.807, 2.05) is 12.1 Å². The quantitative estimate of drug-likeness (QED) is 0.349. The summed E-state index contributed by atoms with van der Waals surface area (Å²) in [5.74, 6) is 2.97. The minimum Gasteiger partial charge on any atom is -0.323 e. The van der Waals surface area contributed by atoms with E-state index in [1.54, 1.807) is 0 Å². The Hall–Kier alpha value is -1.84. The van der Waals surface area contributed by atoms with E-state index in [2.05, 4.69) is 47.6 Å². The van der Waals surface area contributed by atoms with Crippen LogP contribution in [0.2, 0.25) is 5.02 Å². The van der Waals surface area contributed by atoms with Crippen LogP contribution >= 0.6 is 11.6 Å². The van der Waals surface area contributed by atoms with Gasteiger partial charge in [-0.3, -0.25) is 0 Å². The maximum absolute atomic E-state index is 6.14. The Bertz CT molecular complexity index is 1090. The molecule has 0 atom stereocenters. The van der Waals surface area contributed by atoms with Crippen LogP contribution in [0.1, 0.15) is 73.9 Å². The summed E-state index contributed by atoms with van der Waals surface area (Å²) < 4.78 is 2.46. The molecular weight excluding hydrogens is 438 g/mol. The van der Waals surface area contributed by atoms with E-state index in [0.29, 0.717) is 0 Å². The van der Waals surface area contributed by atoms with Gasteiger partial charge in [0.2, 0.25) is 0 Å². The van der Waals surface area contributed by atoms with Gasteiger partial charge in [0, 0.05) is 18.0 Å². The summed E-state index contributed by atoms with van der Waals surface area (Å²) in [7, 11) is 0. The average molecular weight is 478 g/mol. The van der Waals surface area contributed by atoms with Gasteiger partial charge < -0.3 is 9.47 Å². The van der Waals surface area contributed by atoms with Crippen LogP contribution in [-0.2, 0) is 13.0 Å². The van der Waals surface area contributed by atoms with Crippen LogP contribution in [0.4, 0.5) is 0 Å². The Morgan fingerprint density at radius 1 is 0.882 bits per heavy atom. The minimum absolute atomic E-state index is 0.730. The van der Waals surface area contributed by atoms with E-state index in [1.165, 1.54) is 99.0 Å². The number of benzene rings is 2. The Labute approximate surface area is 210 Å². The molecule has 4 heteroatoms. The molecule has 2 fully saturated rings. The van der Waals surface area contributed by atoms with Crippen LogP contribution in [0.3, 0.4) is 0 Å². The van der Waals surface area contributed by atoms with Gasteiger partial charge >= 0.3 is 0 Å². The third-order valence-electron chi connectivity index (χ3n) is 8.45. The minimum atomic E-state index is 0.730. The Balaban J connectivity index is 1.27. The molecule has 1 saturated carbocycles. The molecule has 2 heterocycles. The summed E-state index contributed by atoms with van der Waals surface area (Å²) in [6, 6.07) is 12.9. The van der Waals surface area contributed by atoms with E-state index in [9.17, 15) is 0 Å². The second kappa shape index (κ2) is 10.8. The smallest absolute Gasteiger partial charge is 0.110 e. The van der Waals surface area contributed by atoms with Crippen molar-refractivity contribution in [2.24, 2.45) is 11.8 Å². The zero-order chi connectivity index (χ0) is 23.5. The highest BCUT2D eigenvalue weighted by atomic mass is 35.5. The van der Waals surface area contributed by atoms with Crippen LogP contribution in [0.25, 0.3) is 11.0 Å². The first-order valence-electron chi connectivity index (χ1n) is 13.5. The molecule has 0 N–H and O–H groups in total. The Morgan fingerprint density at radius 2 is 1.59 bits per heavy atom. The van der Waals surface area contributed by atoms with Gasteiger partial charge in [0.05, 0.1) is 11.0 Å². The second-order valence-electron chi connectivity index (χ2n) is 10.9. The number of piperidine rings is 1. The summed E-state index contributed by atoms with van der Waals surface area (Å²) in [4.78, 5) is 7.89. The number of fused-ring (bicyclic) bond motifs is 1. The molecule has 0 unspecified atom stereocenters. The van der Waals surface area contributed by atoms with Crippen molar-refractivity contribution >= 4 is 22.6 Å². The lowest BCUT2D eigenvalue weighted by Gasteiger charge is -2.33. The fraction of sp³-hybridized carbons (Fsp3) is 0.567. The van der Waals surface area contributed by atoms with E-state index in [0.717, 1.165) is 35.3 Å². The van der Waals surface area contributed by atoms with Gasteiger partial charge in [-0.05, 0) is 106 Å². The van der Waals surface area contributed by atoms with Crippen molar-refractivity contribution in [3.63, 3.8) is 0 Å². The standard InChI is InChI=1S/C30H40ClN3/c1-22-18-28-29(19-23(22)2)34(21-26-8-10-27(31)11-9-26)30(32-28)20-25-13-16-33(17-14-25)15-12-24-6-4-3-5-7-24/h8-11,18-19,24-25H,3-7,12-17,20-21H2,1-2H3. The highest BCUT2D eigenvalue weighted by Crippen LogP contribution is 2.29. The molecule has 0 amide bonds. The van der Waals surface area contributed by atoms with E-state index < -0.39 is 0 Å². The summed E-state index contributed by atoms with van der Waals surface area (Å²) in [5, 5.41) is 0.793. The third kappa shape index (κ3) is 5.69. The molecule has 2 aliphatic rings. The number of imidazole rings is 1. The van der Waals surface area contributed by atoms with Crippen LogP contribution < -0.4 is 0 Å². The highest BCUT2D eigenvalue weighted by Gasteiger charge is 2.23. The zero-order valence-electron chi connectivity index (χ0n) is 21.0. The van der Waals surface area contributed by atoms with Crippen molar-refractivity contribution in [2.75, 3.05) is 19.6 Å². The molecule has 34 heavy (non-hydrogen) atoms. The van der Waals surface area contributed by atoms with Crippen molar-refractivity contribution in [3.8, 4) is 0 Å². The summed E-state index contributed by atoms with van der Waals surface area (Å²) in [6.45, 7) is 9.07. The maximum Gasteiger partial charge on any atom is 0.110 e. The molecule has 1 aromatic heterocycles. The molecule has 182 valence electrons. The molecule has 0 bridgehead atoms. The monoisotopic (exact) mass is 477 g/mol. The number of aromatic nitrogens is 2. The predicted octanol–water partition coefficient (Wildman–Crippen LogP) is 7.58. The van der Waals surface area contributed by atoms with E-state index >= 15 is 0 Å². The van der Waals surface area contributed by atoms with Gasteiger partial charge in [0.1, 0.15) is 5.82 Å². The molecule has 0 radical (unpaired) electrons. The number of rotatable bonds is 7. The topological polar surface area (TPSA) is 21.1 Å². The first-order valence-corrected chi connectivity index (χ1v) is 13.9. The van der Waals surface area contributed by atoms with Crippen LogP contribution in [0.15, 0.2) is 36.4 Å². The summed E-state index contributed by atoms with van der Waals surface area (Å²) in [6.07, 6.45) is 12.4. The molecule has 1 saturated heterocycles. The lowest BCUT2D eigenvalue weighted by Crippen LogP contribution is -2.36. The van der Waals surface area contributed by atoms with Gasteiger partial charge in [-0.25, -0.2) is 4.98 Å². The number of aryl methyl sites for hydroxylation is 2. The fourth-order valence-corrected chi connectivity index (χ4v) is 6.17. The maximum atomic E-state index is 6.14. The molecule has 3 nitrogen and oxygen atoms in total. The van der Waals surface area contributed by atoms with Crippen LogP contribution in [0.5, 0.6) is 0 Å². The van der Waals surface area contributed by atoms with Gasteiger partial charge in [-0.15, -0.1) is 0 Å². The number of halogens is 1. The number of likely N-dealkylation sites (tertiary alicyclic amines) is 1. The van der Waals surface area contributed by atoms with Gasteiger partial charge in [-0.1, -0.05) is 55.8 Å². The lowest BCUT2D eigenvalue weighted by atomic mass is 9.86. The van der Waals surface area contributed by atoms with Crippen molar-refractivity contribution in [1.82, 2.24) is 14.5 Å². The average Bonchev–Trinajstić information content (AvgIpc) is 3.16. The van der Waals surface area contributed by atoms with Crippen molar-refractivity contribution in [3.05, 3.63) is 63.9 Å². The van der Waals surface area contributed by atoms with Crippen LogP contribution in [-0.4, -0.2) is 34.1 Å².